The standard InChI is InChI=1S/C21H18F4N6OS/c1-20(13-7-21(13,18(24)25)33-19(26)31-20)10-5-9(6-11(22)15(10)23)29-17-16-12(3-4-27-17)30-14(32-2)8-28-16/h3-6,8,13,18H,7H2,1-2H3,(H2,26,31)(H,27,29)/t13-,20+,21-/m0/s1. The highest BCUT2D eigenvalue weighted by Gasteiger charge is 2.71. The lowest BCUT2D eigenvalue weighted by molar-refractivity contribution is 0.123. The van der Waals surface area contributed by atoms with Gasteiger partial charge in [-0.15, -0.1) is 0 Å². The summed E-state index contributed by atoms with van der Waals surface area (Å²) in [6.07, 6.45) is 0.300. The number of hydrogen-bond acceptors (Lipinski definition) is 8. The number of thioether (sulfide) groups is 1. The normalized spacial score (nSPS) is 26.2. The molecule has 2 aromatic heterocycles. The van der Waals surface area contributed by atoms with E-state index in [1.807, 2.05) is 0 Å². The van der Waals surface area contributed by atoms with Gasteiger partial charge in [0.15, 0.2) is 22.6 Å². The Balaban J connectivity index is 1.57. The van der Waals surface area contributed by atoms with Gasteiger partial charge in [0.1, 0.15) is 5.52 Å². The Morgan fingerprint density at radius 3 is 2.79 bits per heavy atom. The number of ether oxygens (including phenoxy) is 1. The van der Waals surface area contributed by atoms with Gasteiger partial charge in [-0.2, -0.15) is 0 Å². The summed E-state index contributed by atoms with van der Waals surface area (Å²) in [5.41, 5.74) is 5.23. The fourth-order valence-electron chi connectivity index (χ4n) is 4.39. The van der Waals surface area contributed by atoms with Gasteiger partial charge in [0.05, 0.1) is 29.1 Å². The molecule has 0 bridgehead atoms. The number of benzene rings is 1. The van der Waals surface area contributed by atoms with E-state index in [2.05, 4.69) is 25.3 Å². The summed E-state index contributed by atoms with van der Waals surface area (Å²) in [6.45, 7) is 1.50. The van der Waals surface area contributed by atoms with E-state index in [1.54, 1.807) is 6.07 Å². The molecule has 3 N–H and O–H groups in total. The van der Waals surface area contributed by atoms with Gasteiger partial charge in [-0.1, -0.05) is 11.8 Å². The second-order valence-corrected chi connectivity index (χ2v) is 9.48. The quantitative estimate of drug-likeness (QED) is 0.526. The third-order valence-electron chi connectivity index (χ3n) is 6.12. The van der Waals surface area contributed by atoms with Crippen LogP contribution in [0.4, 0.5) is 29.1 Å². The van der Waals surface area contributed by atoms with E-state index in [9.17, 15) is 17.6 Å². The van der Waals surface area contributed by atoms with Gasteiger partial charge in [-0.05, 0) is 25.5 Å². The number of hydrogen-bond donors (Lipinski definition) is 2. The van der Waals surface area contributed by atoms with Crippen LogP contribution in [-0.2, 0) is 5.54 Å². The van der Waals surface area contributed by atoms with Crippen molar-refractivity contribution in [1.29, 1.82) is 0 Å². The van der Waals surface area contributed by atoms with Gasteiger partial charge in [-0.3, -0.25) is 4.99 Å². The van der Waals surface area contributed by atoms with Crippen LogP contribution in [0, 0.1) is 17.6 Å². The molecule has 33 heavy (non-hydrogen) atoms. The van der Waals surface area contributed by atoms with Crippen LogP contribution in [0.5, 0.6) is 5.88 Å². The van der Waals surface area contributed by atoms with Crippen molar-refractivity contribution in [2.24, 2.45) is 16.6 Å². The molecule has 1 aromatic carbocycles. The highest BCUT2D eigenvalue weighted by molar-refractivity contribution is 8.15. The van der Waals surface area contributed by atoms with Crippen molar-refractivity contribution in [2.75, 3.05) is 12.4 Å². The molecule has 0 spiro atoms. The first-order valence-electron chi connectivity index (χ1n) is 9.92. The summed E-state index contributed by atoms with van der Waals surface area (Å²) in [7, 11) is 1.46. The molecule has 3 atom stereocenters. The first kappa shape index (κ1) is 21.7. The Morgan fingerprint density at radius 2 is 2.06 bits per heavy atom. The Labute approximate surface area is 189 Å². The maximum absolute atomic E-state index is 15.0. The molecule has 3 heterocycles. The molecule has 0 amide bonds. The number of fused-ring (bicyclic) bond motifs is 2. The molecule has 1 aliphatic heterocycles. The van der Waals surface area contributed by atoms with Gasteiger partial charge in [0.2, 0.25) is 5.88 Å². The van der Waals surface area contributed by atoms with Gasteiger partial charge in [0, 0.05) is 29.4 Å². The van der Waals surface area contributed by atoms with E-state index in [0.717, 1.165) is 17.8 Å². The zero-order chi connectivity index (χ0) is 23.5. The molecule has 12 heteroatoms. The number of alkyl halides is 2. The number of methoxy groups -OCH3 is 1. The van der Waals surface area contributed by atoms with Gasteiger partial charge in [0.25, 0.3) is 6.43 Å². The van der Waals surface area contributed by atoms with E-state index in [-0.39, 0.29) is 28.7 Å². The van der Waals surface area contributed by atoms with E-state index < -0.39 is 34.3 Å². The van der Waals surface area contributed by atoms with Gasteiger partial charge in [-0.25, -0.2) is 32.5 Å². The van der Waals surface area contributed by atoms with E-state index in [1.165, 1.54) is 32.5 Å². The predicted octanol–water partition coefficient (Wildman–Crippen LogP) is 4.36. The number of rotatable bonds is 5. The molecular weight excluding hydrogens is 460 g/mol. The average molecular weight is 478 g/mol. The second-order valence-electron chi connectivity index (χ2n) is 8.10. The molecule has 0 unspecified atom stereocenters. The van der Waals surface area contributed by atoms with Crippen LogP contribution in [0.15, 0.2) is 35.6 Å². The highest BCUT2D eigenvalue weighted by atomic mass is 32.2. The highest BCUT2D eigenvalue weighted by Crippen LogP contribution is 2.68. The molecular formula is C21H18F4N6OS. The van der Waals surface area contributed by atoms with Crippen LogP contribution in [0.25, 0.3) is 11.0 Å². The van der Waals surface area contributed by atoms with E-state index in [4.69, 9.17) is 10.5 Å². The minimum atomic E-state index is -2.68. The number of anilines is 2. The Bertz CT molecular complexity index is 1310. The van der Waals surface area contributed by atoms with Crippen molar-refractivity contribution >= 4 is 39.5 Å². The van der Waals surface area contributed by atoms with Gasteiger partial charge >= 0.3 is 0 Å². The molecule has 1 aliphatic carbocycles. The van der Waals surface area contributed by atoms with Crippen molar-refractivity contribution in [3.05, 3.63) is 47.8 Å². The number of amidine groups is 1. The SMILES string of the molecule is COc1cnc2c(Nc3cc(F)c(F)c([C@@]4(C)N=C(N)S[C@@]5(C(F)F)C[C@@H]45)c3)nccc2n1. The zero-order valence-corrected chi connectivity index (χ0v) is 18.3. The Hall–Kier alpha value is -3.15. The third-order valence-corrected chi connectivity index (χ3v) is 7.43. The average Bonchev–Trinajstić information content (AvgIpc) is 3.53. The number of nitrogens with two attached hydrogens (primary N) is 1. The molecule has 1 saturated carbocycles. The number of aromatic nitrogens is 3. The molecule has 1 fully saturated rings. The van der Waals surface area contributed by atoms with Crippen LogP contribution in [0.3, 0.4) is 0 Å². The van der Waals surface area contributed by atoms with Crippen molar-refractivity contribution in [2.45, 2.75) is 30.1 Å². The summed E-state index contributed by atoms with van der Waals surface area (Å²) >= 11 is 0.800. The van der Waals surface area contributed by atoms with E-state index in [0.29, 0.717) is 16.9 Å². The van der Waals surface area contributed by atoms with E-state index >= 15 is 0 Å². The molecule has 2 aliphatic rings. The summed E-state index contributed by atoms with van der Waals surface area (Å²) in [6, 6.07) is 3.93. The van der Waals surface area contributed by atoms with Crippen molar-refractivity contribution in [3.63, 3.8) is 0 Å². The van der Waals surface area contributed by atoms with Crippen molar-refractivity contribution < 1.29 is 22.3 Å². The van der Waals surface area contributed by atoms with Crippen LogP contribution >= 0.6 is 11.8 Å². The fraction of sp³-hybridized carbons (Fsp3) is 0.333. The Morgan fingerprint density at radius 1 is 1.27 bits per heavy atom. The smallest absolute Gasteiger partial charge is 0.253 e. The Kier molecular flexibility index (Phi) is 4.89. The number of aliphatic imine (C=N–C) groups is 1. The molecule has 172 valence electrons. The second kappa shape index (κ2) is 7.44. The molecule has 5 rings (SSSR count). The summed E-state index contributed by atoms with van der Waals surface area (Å²) < 4.78 is 60.8. The fourth-order valence-corrected chi connectivity index (χ4v) is 5.73. The minimum Gasteiger partial charge on any atom is -0.480 e. The lowest BCUT2D eigenvalue weighted by Crippen LogP contribution is -2.39. The largest absolute Gasteiger partial charge is 0.480 e. The number of halogens is 4. The first-order valence-corrected chi connectivity index (χ1v) is 10.7. The summed E-state index contributed by atoms with van der Waals surface area (Å²) in [5.74, 6) is -2.45. The maximum Gasteiger partial charge on any atom is 0.253 e. The van der Waals surface area contributed by atoms with Crippen LogP contribution in [0.2, 0.25) is 0 Å². The van der Waals surface area contributed by atoms with Crippen LogP contribution in [-0.4, -0.2) is 38.4 Å². The van der Waals surface area contributed by atoms with Crippen molar-refractivity contribution in [1.82, 2.24) is 15.0 Å². The van der Waals surface area contributed by atoms with Crippen molar-refractivity contribution in [3.8, 4) is 5.88 Å². The summed E-state index contributed by atoms with van der Waals surface area (Å²) in [4.78, 5) is 17.0. The number of nitrogens with zero attached hydrogens (tertiary/aromatic N) is 4. The predicted molar refractivity (Wildman–Crippen MR) is 117 cm³/mol. The van der Waals surface area contributed by atoms with Gasteiger partial charge < -0.3 is 15.8 Å². The third kappa shape index (κ3) is 3.35. The maximum atomic E-state index is 15.0. The molecule has 0 radical (unpaired) electrons. The number of nitrogens with one attached hydrogen (secondary N) is 1. The number of pyridine rings is 1. The van der Waals surface area contributed by atoms with Crippen LogP contribution in [0.1, 0.15) is 18.9 Å². The zero-order valence-electron chi connectivity index (χ0n) is 17.4. The molecule has 7 nitrogen and oxygen atoms in total. The topological polar surface area (TPSA) is 98.3 Å². The minimum absolute atomic E-state index is 0.0790. The van der Waals surface area contributed by atoms with Crippen LogP contribution < -0.4 is 15.8 Å². The first-order chi connectivity index (χ1) is 15.7. The molecule has 0 saturated heterocycles. The summed E-state index contributed by atoms with van der Waals surface area (Å²) in [5, 5.41) is 2.85. The lowest BCUT2D eigenvalue weighted by Gasteiger charge is -2.34. The molecule has 3 aromatic rings. The lowest BCUT2D eigenvalue weighted by atomic mass is 9.85. The monoisotopic (exact) mass is 478 g/mol.